The summed E-state index contributed by atoms with van der Waals surface area (Å²) in [7, 11) is 0. The van der Waals surface area contributed by atoms with E-state index in [2.05, 4.69) is 10.3 Å². The first-order valence-corrected chi connectivity index (χ1v) is 7.28. The summed E-state index contributed by atoms with van der Waals surface area (Å²) in [6.45, 7) is 8.14. The van der Waals surface area contributed by atoms with Gasteiger partial charge in [-0.15, -0.1) is 0 Å². The van der Waals surface area contributed by atoms with Crippen molar-refractivity contribution in [2.45, 2.75) is 51.8 Å². The molecular formula is C15H25N3O2. The van der Waals surface area contributed by atoms with Crippen molar-refractivity contribution in [1.82, 2.24) is 15.2 Å². The van der Waals surface area contributed by atoms with Crippen molar-refractivity contribution in [2.75, 3.05) is 13.1 Å². The number of nitrogens with one attached hydrogen (secondary N) is 2. The Morgan fingerprint density at radius 3 is 3.00 bits per heavy atom. The van der Waals surface area contributed by atoms with Gasteiger partial charge in [-0.25, -0.2) is 4.79 Å². The quantitative estimate of drug-likeness (QED) is 0.890. The summed E-state index contributed by atoms with van der Waals surface area (Å²) in [5, 5.41) is 3.41. The topological polar surface area (TPSA) is 57.4 Å². The van der Waals surface area contributed by atoms with Gasteiger partial charge in [0.25, 0.3) is 0 Å². The molecule has 0 saturated carbocycles. The summed E-state index contributed by atoms with van der Waals surface area (Å²) < 4.78 is 5.46. The van der Waals surface area contributed by atoms with Crippen LogP contribution >= 0.6 is 0 Å². The number of carbonyl (C=O) groups is 1. The largest absolute Gasteiger partial charge is 0.444 e. The third-order valence-electron chi connectivity index (χ3n) is 3.38. The van der Waals surface area contributed by atoms with E-state index >= 15 is 0 Å². The summed E-state index contributed by atoms with van der Waals surface area (Å²) in [6.07, 6.45) is 5.80. The van der Waals surface area contributed by atoms with E-state index in [0.29, 0.717) is 0 Å². The van der Waals surface area contributed by atoms with Gasteiger partial charge in [-0.3, -0.25) is 0 Å². The van der Waals surface area contributed by atoms with Crippen LogP contribution in [0.15, 0.2) is 18.5 Å². The lowest BCUT2D eigenvalue weighted by atomic mass is 10.2. The van der Waals surface area contributed by atoms with Gasteiger partial charge < -0.3 is 19.9 Å². The van der Waals surface area contributed by atoms with Crippen LogP contribution in [-0.4, -0.2) is 40.7 Å². The summed E-state index contributed by atoms with van der Waals surface area (Å²) >= 11 is 0. The average Bonchev–Trinajstić information content (AvgIpc) is 2.97. The van der Waals surface area contributed by atoms with Gasteiger partial charge in [0.15, 0.2) is 0 Å². The number of rotatable bonds is 4. The number of aromatic nitrogens is 1. The van der Waals surface area contributed by atoms with Gasteiger partial charge in [-0.1, -0.05) is 0 Å². The fraction of sp³-hybridized carbons (Fsp3) is 0.667. The zero-order valence-electron chi connectivity index (χ0n) is 12.6. The lowest BCUT2D eigenvalue weighted by Crippen LogP contribution is -2.43. The Bertz CT molecular complexity index is 423. The van der Waals surface area contributed by atoms with Gasteiger partial charge in [0, 0.05) is 38.1 Å². The van der Waals surface area contributed by atoms with Crippen molar-refractivity contribution in [3.63, 3.8) is 0 Å². The molecule has 1 aromatic heterocycles. The lowest BCUT2D eigenvalue weighted by Gasteiger charge is -2.28. The van der Waals surface area contributed by atoms with E-state index in [1.807, 2.05) is 44.1 Å². The minimum Gasteiger partial charge on any atom is -0.444 e. The lowest BCUT2D eigenvalue weighted by molar-refractivity contribution is 0.0226. The normalized spacial score (nSPS) is 19.4. The molecule has 0 spiro atoms. The molecule has 20 heavy (non-hydrogen) atoms. The van der Waals surface area contributed by atoms with Crippen molar-refractivity contribution in [2.24, 2.45) is 0 Å². The van der Waals surface area contributed by atoms with E-state index in [1.54, 1.807) is 0 Å². The predicted octanol–water partition coefficient (Wildman–Crippen LogP) is 2.50. The molecule has 2 rings (SSSR count). The molecule has 2 N–H and O–H groups in total. The minimum atomic E-state index is -0.428. The molecule has 5 heteroatoms. The molecule has 0 aliphatic carbocycles. The molecule has 1 aromatic rings. The number of hydrogen-bond acceptors (Lipinski definition) is 3. The zero-order chi connectivity index (χ0) is 14.6. The molecule has 1 saturated heterocycles. The van der Waals surface area contributed by atoms with Crippen molar-refractivity contribution < 1.29 is 9.53 Å². The first kappa shape index (κ1) is 14.9. The molecule has 1 aliphatic heterocycles. The molecule has 1 fully saturated rings. The van der Waals surface area contributed by atoms with Crippen LogP contribution in [0.1, 0.15) is 39.2 Å². The zero-order valence-corrected chi connectivity index (χ0v) is 12.6. The highest BCUT2D eigenvalue weighted by molar-refractivity contribution is 5.69. The Labute approximate surface area is 120 Å². The van der Waals surface area contributed by atoms with E-state index in [1.165, 1.54) is 5.56 Å². The maximum atomic E-state index is 12.1. The second-order valence-electron chi connectivity index (χ2n) is 6.32. The summed E-state index contributed by atoms with van der Waals surface area (Å²) in [4.78, 5) is 17.0. The van der Waals surface area contributed by atoms with Gasteiger partial charge in [0.05, 0.1) is 0 Å². The summed E-state index contributed by atoms with van der Waals surface area (Å²) in [6, 6.07) is 2.29. The van der Waals surface area contributed by atoms with Crippen LogP contribution < -0.4 is 5.32 Å². The highest BCUT2D eigenvalue weighted by atomic mass is 16.6. The highest BCUT2D eigenvalue weighted by Gasteiger charge is 2.31. The standard InChI is InChI=1S/C15H25N3O2/c1-15(2,3)20-14(19)18-8-4-5-13(18)11-17-10-12-6-7-16-9-12/h6-7,9,13,16-17H,4-5,8,10-11H2,1-3H3. The van der Waals surface area contributed by atoms with E-state index < -0.39 is 5.60 Å². The fourth-order valence-corrected chi connectivity index (χ4v) is 2.46. The van der Waals surface area contributed by atoms with Crippen molar-refractivity contribution >= 4 is 6.09 Å². The number of ether oxygens (including phenoxy) is 1. The number of likely N-dealkylation sites (tertiary alicyclic amines) is 1. The Morgan fingerprint density at radius 2 is 2.35 bits per heavy atom. The van der Waals surface area contributed by atoms with Crippen LogP contribution in [0.3, 0.4) is 0 Å². The highest BCUT2D eigenvalue weighted by Crippen LogP contribution is 2.20. The van der Waals surface area contributed by atoms with Crippen LogP contribution in [0.2, 0.25) is 0 Å². The maximum absolute atomic E-state index is 12.1. The molecule has 1 atom stereocenters. The van der Waals surface area contributed by atoms with Crippen molar-refractivity contribution in [3.05, 3.63) is 24.0 Å². The Kier molecular flexibility index (Phi) is 4.70. The van der Waals surface area contributed by atoms with Gasteiger partial charge in [-0.2, -0.15) is 0 Å². The molecule has 1 aliphatic rings. The molecule has 1 amide bonds. The van der Waals surface area contributed by atoms with E-state index in [-0.39, 0.29) is 12.1 Å². The summed E-state index contributed by atoms with van der Waals surface area (Å²) in [5.74, 6) is 0. The average molecular weight is 279 g/mol. The Morgan fingerprint density at radius 1 is 1.55 bits per heavy atom. The first-order valence-electron chi connectivity index (χ1n) is 7.28. The predicted molar refractivity (Wildman–Crippen MR) is 78.5 cm³/mol. The molecule has 112 valence electrons. The molecule has 2 heterocycles. The minimum absolute atomic E-state index is 0.191. The number of aromatic amines is 1. The van der Waals surface area contributed by atoms with E-state index in [0.717, 1.165) is 32.5 Å². The number of carbonyl (C=O) groups excluding carboxylic acids is 1. The van der Waals surface area contributed by atoms with Crippen LogP contribution in [0.25, 0.3) is 0 Å². The van der Waals surface area contributed by atoms with Gasteiger partial charge >= 0.3 is 6.09 Å². The number of amides is 1. The molecule has 5 nitrogen and oxygen atoms in total. The monoisotopic (exact) mass is 279 g/mol. The molecule has 0 aromatic carbocycles. The van der Waals surface area contributed by atoms with Crippen molar-refractivity contribution in [3.8, 4) is 0 Å². The molecular weight excluding hydrogens is 254 g/mol. The second kappa shape index (κ2) is 6.31. The Hall–Kier alpha value is -1.49. The van der Waals surface area contributed by atoms with Gasteiger partial charge in [0.1, 0.15) is 5.60 Å². The SMILES string of the molecule is CC(C)(C)OC(=O)N1CCCC1CNCc1cc[nH]c1. The molecule has 0 bridgehead atoms. The van der Waals surface area contributed by atoms with Gasteiger partial charge in [0.2, 0.25) is 0 Å². The van der Waals surface area contributed by atoms with E-state index in [4.69, 9.17) is 4.74 Å². The fourth-order valence-electron chi connectivity index (χ4n) is 2.46. The van der Waals surface area contributed by atoms with Crippen LogP contribution in [0.4, 0.5) is 4.79 Å². The third kappa shape index (κ3) is 4.27. The van der Waals surface area contributed by atoms with Crippen LogP contribution in [0.5, 0.6) is 0 Å². The third-order valence-corrected chi connectivity index (χ3v) is 3.38. The summed E-state index contributed by atoms with van der Waals surface area (Å²) in [5.41, 5.74) is 0.801. The van der Waals surface area contributed by atoms with Crippen LogP contribution in [-0.2, 0) is 11.3 Å². The Balaban J connectivity index is 1.79. The second-order valence-corrected chi connectivity index (χ2v) is 6.32. The van der Waals surface area contributed by atoms with Crippen molar-refractivity contribution in [1.29, 1.82) is 0 Å². The van der Waals surface area contributed by atoms with E-state index in [9.17, 15) is 4.79 Å². The number of nitrogens with zero attached hydrogens (tertiary/aromatic N) is 1. The first-order chi connectivity index (χ1) is 9.46. The van der Waals surface area contributed by atoms with Gasteiger partial charge in [-0.05, 0) is 45.2 Å². The molecule has 1 unspecified atom stereocenters. The molecule has 0 radical (unpaired) electrons. The number of hydrogen-bond donors (Lipinski definition) is 2. The number of H-pyrrole nitrogens is 1. The maximum Gasteiger partial charge on any atom is 0.410 e. The van der Waals surface area contributed by atoms with Crippen LogP contribution in [0, 0.1) is 0 Å². The smallest absolute Gasteiger partial charge is 0.410 e.